The summed E-state index contributed by atoms with van der Waals surface area (Å²) in [5.74, 6) is 2.10. The van der Waals surface area contributed by atoms with Gasteiger partial charge in [0.25, 0.3) is 0 Å². The van der Waals surface area contributed by atoms with E-state index < -0.39 is 0 Å². The Morgan fingerprint density at radius 3 is 1.92 bits per heavy atom. The molecule has 2 fully saturated rings. The highest BCUT2D eigenvalue weighted by Crippen LogP contribution is 2.42. The molecule has 1 aliphatic carbocycles. The van der Waals surface area contributed by atoms with Crippen molar-refractivity contribution >= 4 is 0 Å². The molecule has 0 aromatic carbocycles. The maximum absolute atomic E-state index is 9.12. The summed E-state index contributed by atoms with van der Waals surface area (Å²) in [6, 6.07) is 0. The van der Waals surface area contributed by atoms with Crippen LogP contribution in [0.5, 0.6) is 0 Å². The highest BCUT2D eigenvalue weighted by molar-refractivity contribution is 4.96. The number of aliphatic hydroxyl groups is 2. The Morgan fingerprint density at radius 2 is 1.50 bits per heavy atom. The highest BCUT2D eigenvalue weighted by atomic mass is 16.3. The Balaban J connectivity index is 2.05. The minimum Gasteiger partial charge on any atom is -0.396 e. The second-order valence-corrected chi connectivity index (χ2v) is 4.11. The van der Waals surface area contributed by atoms with Crippen molar-refractivity contribution in [3.63, 3.8) is 0 Å². The first kappa shape index (κ1) is 8.48. The zero-order valence-electron chi connectivity index (χ0n) is 7.24. The van der Waals surface area contributed by atoms with Crippen molar-refractivity contribution in [2.45, 2.75) is 6.42 Å². The minimum absolute atomic E-state index is 0.291. The van der Waals surface area contributed by atoms with Gasteiger partial charge < -0.3 is 15.5 Å². The fourth-order valence-electron chi connectivity index (χ4n) is 2.91. The molecule has 0 aromatic heterocycles. The van der Waals surface area contributed by atoms with Crippen LogP contribution in [0.3, 0.4) is 0 Å². The van der Waals surface area contributed by atoms with E-state index in [1.165, 1.54) is 0 Å². The van der Waals surface area contributed by atoms with Crippen LogP contribution in [-0.4, -0.2) is 36.5 Å². The second-order valence-electron chi connectivity index (χ2n) is 4.11. The summed E-state index contributed by atoms with van der Waals surface area (Å²) >= 11 is 0. The van der Waals surface area contributed by atoms with E-state index in [2.05, 4.69) is 5.32 Å². The summed E-state index contributed by atoms with van der Waals surface area (Å²) in [5.41, 5.74) is 0. The molecule has 0 aromatic rings. The van der Waals surface area contributed by atoms with Gasteiger partial charge in [-0.1, -0.05) is 0 Å². The molecule has 0 bridgehead atoms. The van der Waals surface area contributed by atoms with Crippen LogP contribution in [0.15, 0.2) is 0 Å². The van der Waals surface area contributed by atoms with Crippen molar-refractivity contribution in [3.8, 4) is 0 Å². The molecule has 4 atom stereocenters. The Hall–Kier alpha value is -0.120. The first-order chi connectivity index (χ1) is 5.86. The van der Waals surface area contributed by atoms with Crippen molar-refractivity contribution in [3.05, 3.63) is 0 Å². The average molecular weight is 171 g/mol. The Morgan fingerprint density at radius 1 is 1.00 bits per heavy atom. The lowest BCUT2D eigenvalue weighted by Gasteiger charge is -2.14. The topological polar surface area (TPSA) is 52.5 Å². The van der Waals surface area contributed by atoms with E-state index in [4.69, 9.17) is 10.2 Å². The predicted octanol–water partition coefficient (Wildman–Crippen LogP) is -0.557. The fraction of sp³-hybridized carbons (Fsp3) is 1.00. The second kappa shape index (κ2) is 3.32. The first-order valence-corrected chi connectivity index (χ1v) is 4.79. The molecule has 3 nitrogen and oxygen atoms in total. The molecule has 1 saturated heterocycles. The third kappa shape index (κ3) is 1.16. The largest absolute Gasteiger partial charge is 0.396 e. The first-order valence-electron chi connectivity index (χ1n) is 4.79. The molecule has 1 aliphatic heterocycles. The molecular weight excluding hydrogens is 154 g/mol. The molecule has 12 heavy (non-hydrogen) atoms. The van der Waals surface area contributed by atoms with Gasteiger partial charge in [0.1, 0.15) is 0 Å². The standard InChI is InChI=1S/C9H17NO2/c11-4-6-1-7(5-12)9-3-10-2-8(6)9/h6-12H,1-5H2. The summed E-state index contributed by atoms with van der Waals surface area (Å²) in [4.78, 5) is 0. The van der Waals surface area contributed by atoms with E-state index in [0.717, 1.165) is 19.5 Å². The van der Waals surface area contributed by atoms with Crippen LogP contribution in [0.4, 0.5) is 0 Å². The lowest BCUT2D eigenvalue weighted by atomic mass is 9.91. The molecular formula is C9H17NO2. The van der Waals surface area contributed by atoms with Gasteiger partial charge in [0.2, 0.25) is 0 Å². The minimum atomic E-state index is 0.291. The van der Waals surface area contributed by atoms with Gasteiger partial charge >= 0.3 is 0 Å². The van der Waals surface area contributed by atoms with E-state index in [1.54, 1.807) is 0 Å². The molecule has 2 aliphatic rings. The van der Waals surface area contributed by atoms with Crippen LogP contribution in [0.25, 0.3) is 0 Å². The van der Waals surface area contributed by atoms with Gasteiger partial charge in [-0.2, -0.15) is 0 Å². The molecule has 70 valence electrons. The number of hydrogen-bond acceptors (Lipinski definition) is 3. The molecule has 0 amide bonds. The fourth-order valence-corrected chi connectivity index (χ4v) is 2.91. The van der Waals surface area contributed by atoms with Gasteiger partial charge in [-0.15, -0.1) is 0 Å². The smallest absolute Gasteiger partial charge is 0.0462 e. The summed E-state index contributed by atoms with van der Waals surface area (Å²) in [6.45, 7) is 2.65. The number of fused-ring (bicyclic) bond motifs is 1. The quantitative estimate of drug-likeness (QED) is 0.522. The van der Waals surface area contributed by atoms with Crippen LogP contribution >= 0.6 is 0 Å². The Labute approximate surface area is 72.8 Å². The van der Waals surface area contributed by atoms with Crippen LogP contribution in [0, 0.1) is 23.7 Å². The van der Waals surface area contributed by atoms with Crippen LogP contribution < -0.4 is 5.32 Å². The van der Waals surface area contributed by atoms with E-state index in [1.807, 2.05) is 0 Å². The van der Waals surface area contributed by atoms with Gasteiger partial charge in [0.05, 0.1) is 0 Å². The molecule has 1 heterocycles. The van der Waals surface area contributed by atoms with Crippen molar-refractivity contribution in [2.75, 3.05) is 26.3 Å². The molecule has 3 heteroatoms. The van der Waals surface area contributed by atoms with Crippen LogP contribution in [0.2, 0.25) is 0 Å². The molecule has 4 unspecified atom stereocenters. The summed E-state index contributed by atoms with van der Waals surface area (Å²) in [7, 11) is 0. The van der Waals surface area contributed by atoms with E-state index in [0.29, 0.717) is 36.9 Å². The third-order valence-electron chi connectivity index (χ3n) is 3.60. The maximum Gasteiger partial charge on any atom is 0.0462 e. The number of rotatable bonds is 2. The summed E-state index contributed by atoms with van der Waals surface area (Å²) < 4.78 is 0. The summed E-state index contributed by atoms with van der Waals surface area (Å²) in [5, 5.41) is 21.6. The van der Waals surface area contributed by atoms with E-state index in [-0.39, 0.29) is 0 Å². The highest BCUT2D eigenvalue weighted by Gasteiger charge is 2.44. The van der Waals surface area contributed by atoms with Crippen molar-refractivity contribution in [1.82, 2.24) is 5.32 Å². The van der Waals surface area contributed by atoms with Gasteiger partial charge in [0.15, 0.2) is 0 Å². The lowest BCUT2D eigenvalue weighted by molar-refractivity contribution is 0.187. The SMILES string of the molecule is OCC1CC(CO)C2CNCC12. The van der Waals surface area contributed by atoms with Crippen LogP contribution in [0.1, 0.15) is 6.42 Å². The van der Waals surface area contributed by atoms with Gasteiger partial charge in [-0.3, -0.25) is 0 Å². The van der Waals surface area contributed by atoms with Gasteiger partial charge in [0, 0.05) is 13.2 Å². The Bertz CT molecular complexity index is 147. The normalized spacial score (nSPS) is 46.5. The molecule has 2 rings (SSSR count). The molecule has 0 radical (unpaired) electrons. The maximum atomic E-state index is 9.12. The number of aliphatic hydroxyl groups excluding tert-OH is 2. The van der Waals surface area contributed by atoms with E-state index in [9.17, 15) is 0 Å². The number of nitrogens with one attached hydrogen (secondary N) is 1. The lowest BCUT2D eigenvalue weighted by Crippen LogP contribution is -2.18. The van der Waals surface area contributed by atoms with Gasteiger partial charge in [-0.25, -0.2) is 0 Å². The third-order valence-corrected chi connectivity index (χ3v) is 3.60. The van der Waals surface area contributed by atoms with Crippen LogP contribution in [-0.2, 0) is 0 Å². The zero-order valence-corrected chi connectivity index (χ0v) is 7.24. The van der Waals surface area contributed by atoms with Crippen molar-refractivity contribution in [1.29, 1.82) is 0 Å². The Kier molecular flexibility index (Phi) is 2.35. The summed E-state index contributed by atoms with van der Waals surface area (Å²) in [6.07, 6.45) is 1.02. The van der Waals surface area contributed by atoms with Gasteiger partial charge in [-0.05, 0) is 43.2 Å². The monoisotopic (exact) mass is 171 g/mol. The molecule has 1 saturated carbocycles. The molecule has 0 spiro atoms. The predicted molar refractivity (Wildman–Crippen MR) is 45.6 cm³/mol. The zero-order chi connectivity index (χ0) is 8.55. The van der Waals surface area contributed by atoms with E-state index >= 15 is 0 Å². The van der Waals surface area contributed by atoms with Crippen molar-refractivity contribution < 1.29 is 10.2 Å². The van der Waals surface area contributed by atoms with Crippen molar-refractivity contribution in [2.24, 2.45) is 23.7 Å². The number of hydrogen-bond donors (Lipinski definition) is 3. The average Bonchev–Trinajstić information content (AvgIpc) is 2.63. The molecule has 3 N–H and O–H groups in total.